The number of hydrogen-bond donors (Lipinski definition) is 4. The van der Waals surface area contributed by atoms with Gasteiger partial charge in [-0.25, -0.2) is 14.4 Å². The first kappa shape index (κ1) is 25.8. The molecule has 0 radical (unpaired) electrons. The second-order valence-corrected chi connectivity index (χ2v) is 8.74. The second kappa shape index (κ2) is 10.6. The number of benzene rings is 1. The lowest BCUT2D eigenvalue weighted by molar-refractivity contribution is -0.140. The Morgan fingerprint density at radius 1 is 1.24 bits per heavy atom. The number of aromatic nitrogens is 2. The maximum Gasteiger partial charge on any atom is 0.419 e. The fraction of sp³-hybridized carbons (Fsp3) is 0.522. The molecule has 186 valence electrons. The van der Waals surface area contributed by atoms with E-state index in [4.69, 9.17) is 0 Å². The highest BCUT2D eigenvalue weighted by Crippen LogP contribution is 2.41. The van der Waals surface area contributed by atoms with Crippen LogP contribution in [0.3, 0.4) is 0 Å². The Morgan fingerprint density at radius 2 is 1.97 bits per heavy atom. The monoisotopic (exact) mass is 483 g/mol. The third kappa shape index (κ3) is 6.01. The molecule has 1 aromatic heterocycles. The van der Waals surface area contributed by atoms with E-state index in [1.54, 1.807) is 0 Å². The molecule has 2 aromatic rings. The van der Waals surface area contributed by atoms with E-state index in [0.29, 0.717) is 30.5 Å². The van der Waals surface area contributed by atoms with Crippen LogP contribution in [-0.2, 0) is 11.0 Å². The molecule has 11 heteroatoms. The Hall–Kier alpha value is -2.79. The van der Waals surface area contributed by atoms with Crippen LogP contribution in [0.1, 0.15) is 67.5 Å². The molecule has 1 aromatic carbocycles. The molecule has 1 amide bonds. The molecule has 34 heavy (non-hydrogen) atoms. The summed E-state index contributed by atoms with van der Waals surface area (Å²) in [7, 11) is 0. The van der Waals surface area contributed by atoms with Gasteiger partial charge in [-0.05, 0) is 30.0 Å². The van der Waals surface area contributed by atoms with Gasteiger partial charge >= 0.3 is 6.18 Å². The Labute approximate surface area is 195 Å². The van der Waals surface area contributed by atoms with Gasteiger partial charge < -0.3 is 21.1 Å². The number of fused-ring (bicyclic) bond motifs is 1. The third-order valence-electron chi connectivity index (χ3n) is 5.76. The van der Waals surface area contributed by atoms with Crippen LogP contribution in [0, 0.1) is 5.82 Å². The standard InChI is InChI=1S/C23H29F4N5O2/c1-12(2)30-10-15(14-4-5-16(17(24)9-14)23(25,26)27)22(34)29-7-6-28-21-19-13(3)8-18(33)20(19)31-11-32-21/h4-5,9,11-13,15,18,30,33H,6-8,10H2,1-3H3,(H,29,34)(H,28,31,32)/t13-,15-,18?/m1/s1. The van der Waals surface area contributed by atoms with E-state index < -0.39 is 35.5 Å². The number of alkyl halides is 3. The first-order valence-electron chi connectivity index (χ1n) is 11.1. The number of anilines is 1. The van der Waals surface area contributed by atoms with Crippen molar-refractivity contribution in [3.8, 4) is 0 Å². The van der Waals surface area contributed by atoms with Crippen LogP contribution in [0.25, 0.3) is 0 Å². The Balaban J connectivity index is 1.65. The van der Waals surface area contributed by atoms with E-state index in [9.17, 15) is 27.5 Å². The molecule has 3 atom stereocenters. The summed E-state index contributed by atoms with van der Waals surface area (Å²) in [6.45, 7) is 6.37. The third-order valence-corrected chi connectivity index (χ3v) is 5.76. The van der Waals surface area contributed by atoms with Crippen molar-refractivity contribution < 1.29 is 27.5 Å². The van der Waals surface area contributed by atoms with Crippen molar-refractivity contribution in [1.29, 1.82) is 0 Å². The molecule has 0 saturated heterocycles. The predicted octanol–water partition coefficient (Wildman–Crippen LogP) is 3.49. The molecule has 0 aliphatic heterocycles. The quantitative estimate of drug-likeness (QED) is 0.322. The van der Waals surface area contributed by atoms with E-state index >= 15 is 0 Å². The zero-order valence-corrected chi connectivity index (χ0v) is 19.2. The van der Waals surface area contributed by atoms with Gasteiger partial charge in [0.25, 0.3) is 0 Å². The number of rotatable bonds is 9. The van der Waals surface area contributed by atoms with Crippen molar-refractivity contribution in [3.63, 3.8) is 0 Å². The van der Waals surface area contributed by atoms with Crippen LogP contribution in [0.15, 0.2) is 24.5 Å². The van der Waals surface area contributed by atoms with Crippen LogP contribution in [0.4, 0.5) is 23.4 Å². The Kier molecular flexibility index (Phi) is 8.09. The predicted molar refractivity (Wildman–Crippen MR) is 119 cm³/mol. The van der Waals surface area contributed by atoms with Gasteiger partial charge in [-0.3, -0.25) is 4.79 Å². The van der Waals surface area contributed by atoms with E-state index in [-0.39, 0.29) is 30.6 Å². The van der Waals surface area contributed by atoms with E-state index in [1.807, 2.05) is 20.8 Å². The van der Waals surface area contributed by atoms with Gasteiger partial charge in [0.05, 0.1) is 23.3 Å². The number of aliphatic hydroxyl groups excluding tert-OH is 1. The van der Waals surface area contributed by atoms with Gasteiger partial charge in [-0.2, -0.15) is 13.2 Å². The zero-order valence-electron chi connectivity index (χ0n) is 19.2. The molecule has 7 nitrogen and oxygen atoms in total. The largest absolute Gasteiger partial charge is 0.419 e. The highest BCUT2D eigenvalue weighted by molar-refractivity contribution is 5.84. The number of halogens is 4. The van der Waals surface area contributed by atoms with E-state index in [0.717, 1.165) is 17.7 Å². The van der Waals surface area contributed by atoms with Crippen molar-refractivity contribution in [2.45, 2.75) is 57.3 Å². The topological polar surface area (TPSA) is 99.2 Å². The van der Waals surface area contributed by atoms with Crippen molar-refractivity contribution in [1.82, 2.24) is 20.6 Å². The van der Waals surface area contributed by atoms with Gasteiger partial charge in [-0.1, -0.05) is 26.8 Å². The SMILES string of the molecule is CC(C)NC[C@@H](C(=O)NCCNc1ncnc2c1[C@H](C)CC2O)c1ccc(C(F)(F)F)c(F)c1. The van der Waals surface area contributed by atoms with Gasteiger partial charge in [0.15, 0.2) is 0 Å². The number of amides is 1. The molecule has 0 spiro atoms. The molecule has 1 aliphatic carbocycles. The number of carbonyl (C=O) groups excluding carboxylic acids is 1. The fourth-order valence-corrected chi connectivity index (χ4v) is 4.05. The van der Waals surface area contributed by atoms with Gasteiger partial charge in [0, 0.05) is 31.2 Å². The maximum atomic E-state index is 14.1. The summed E-state index contributed by atoms with van der Waals surface area (Å²) in [6.07, 6.45) is -3.51. The number of nitrogens with one attached hydrogen (secondary N) is 3. The number of aliphatic hydroxyl groups is 1. The molecular weight excluding hydrogens is 454 g/mol. The lowest BCUT2D eigenvalue weighted by Gasteiger charge is -2.20. The first-order valence-corrected chi connectivity index (χ1v) is 11.1. The minimum atomic E-state index is -4.81. The van der Waals surface area contributed by atoms with Crippen molar-refractivity contribution in [2.24, 2.45) is 0 Å². The number of carbonyl (C=O) groups is 1. The molecule has 0 fully saturated rings. The minimum absolute atomic E-state index is 0.0217. The first-order chi connectivity index (χ1) is 16.0. The summed E-state index contributed by atoms with van der Waals surface area (Å²) in [5.41, 5.74) is 0.229. The summed E-state index contributed by atoms with van der Waals surface area (Å²) in [5, 5.41) is 19.1. The normalized spacial score (nSPS) is 18.6. The molecule has 3 rings (SSSR count). The maximum absolute atomic E-state index is 14.1. The van der Waals surface area contributed by atoms with Crippen molar-refractivity contribution in [2.75, 3.05) is 25.0 Å². The molecular formula is C23H29F4N5O2. The van der Waals surface area contributed by atoms with Crippen LogP contribution in [-0.4, -0.2) is 46.7 Å². The molecule has 1 aliphatic rings. The summed E-state index contributed by atoms with van der Waals surface area (Å²) in [4.78, 5) is 21.2. The average molecular weight is 484 g/mol. The summed E-state index contributed by atoms with van der Waals surface area (Å²) in [6, 6.07) is 2.58. The van der Waals surface area contributed by atoms with E-state index in [2.05, 4.69) is 25.9 Å². The number of nitrogens with zero attached hydrogens (tertiary/aromatic N) is 2. The molecule has 0 bridgehead atoms. The fourth-order valence-electron chi connectivity index (χ4n) is 4.05. The summed E-state index contributed by atoms with van der Waals surface area (Å²) < 4.78 is 52.8. The Morgan fingerprint density at radius 3 is 2.62 bits per heavy atom. The van der Waals surface area contributed by atoms with Gasteiger partial charge in [0.2, 0.25) is 5.91 Å². The minimum Gasteiger partial charge on any atom is -0.387 e. The van der Waals surface area contributed by atoms with Gasteiger partial charge in [0.1, 0.15) is 18.0 Å². The van der Waals surface area contributed by atoms with Crippen LogP contribution in [0.2, 0.25) is 0 Å². The lowest BCUT2D eigenvalue weighted by atomic mass is 9.96. The summed E-state index contributed by atoms with van der Waals surface area (Å²) >= 11 is 0. The molecule has 1 unspecified atom stereocenters. The molecule has 4 N–H and O–H groups in total. The van der Waals surface area contributed by atoms with Crippen molar-refractivity contribution in [3.05, 3.63) is 52.7 Å². The van der Waals surface area contributed by atoms with E-state index in [1.165, 1.54) is 6.33 Å². The van der Waals surface area contributed by atoms with Crippen LogP contribution >= 0.6 is 0 Å². The van der Waals surface area contributed by atoms with Crippen molar-refractivity contribution >= 4 is 11.7 Å². The smallest absolute Gasteiger partial charge is 0.387 e. The highest BCUT2D eigenvalue weighted by atomic mass is 19.4. The Bertz CT molecular complexity index is 1020. The average Bonchev–Trinajstić information content (AvgIpc) is 3.04. The molecule has 0 saturated carbocycles. The molecule has 1 heterocycles. The van der Waals surface area contributed by atoms with Gasteiger partial charge in [-0.15, -0.1) is 0 Å². The van der Waals surface area contributed by atoms with Crippen LogP contribution in [0.5, 0.6) is 0 Å². The zero-order chi connectivity index (χ0) is 25.0. The van der Waals surface area contributed by atoms with Crippen LogP contribution < -0.4 is 16.0 Å². The second-order valence-electron chi connectivity index (χ2n) is 8.74. The number of hydrogen-bond acceptors (Lipinski definition) is 6. The highest BCUT2D eigenvalue weighted by Gasteiger charge is 2.35. The lowest BCUT2D eigenvalue weighted by Crippen LogP contribution is -2.39. The summed E-state index contributed by atoms with van der Waals surface area (Å²) in [5.74, 6) is -2.05.